The summed E-state index contributed by atoms with van der Waals surface area (Å²) in [6.07, 6.45) is -8.50. The number of carbonyl (C=O) groups excluding carboxylic acids is 1. The fourth-order valence-corrected chi connectivity index (χ4v) is 3.13. The number of halogens is 7. The van der Waals surface area contributed by atoms with Gasteiger partial charge in [-0.2, -0.15) is 26.3 Å². The predicted molar refractivity (Wildman–Crippen MR) is 92.2 cm³/mol. The highest BCUT2D eigenvalue weighted by Gasteiger charge is 2.37. The molecule has 1 aliphatic rings. The summed E-state index contributed by atoms with van der Waals surface area (Å²) < 4.78 is 92.3. The maximum Gasteiger partial charge on any atom is 0.416 e. The molecule has 3 nitrogen and oxygen atoms in total. The SMILES string of the molecule is O=C(Nc1c(F)cccc1N1CCCC1)c1cc(C(F)(F)F)cc(C(F)(F)F)c1. The summed E-state index contributed by atoms with van der Waals surface area (Å²) in [6, 6.07) is 4.52. The van der Waals surface area contributed by atoms with Crippen LogP contribution in [0.25, 0.3) is 0 Å². The Bertz CT molecular complexity index is 883. The number of benzene rings is 2. The zero-order valence-corrected chi connectivity index (χ0v) is 14.8. The van der Waals surface area contributed by atoms with E-state index in [4.69, 9.17) is 0 Å². The zero-order valence-electron chi connectivity index (χ0n) is 14.8. The van der Waals surface area contributed by atoms with E-state index in [-0.39, 0.29) is 11.8 Å². The zero-order chi connectivity index (χ0) is 21.4. The lowest BCUT2D eigenvalue weighted by Crippen LogP contribution is -2.22. The van der Waals surface area contributed by atoms with Gasteiger partial charge in [-0.3, -0.25) is 4.79 Å². The summed E-state index contributed by atoms with van der Waals surface area (Å²) in [6.45, 7) is 1.18. The van der Waals surface area contributed by atoms with Crippen molar-refractivity contribution < 1.29 is 35.5 Å². The highest BCUT2D eigenvalue weighted by molar-refractivity contribution is 6.06. The van der Waals surface area contributed by atoms with Gasteiger partial charge in [-0.1, -0.05) is 6.07 Å². The van der Waals surface area contributed by atoms with E-state index in [1.807, 2.05) is 0 Å². The highest BCUT2D eigenvalue weighted by atomic mass is 19.4. The summed E-state index contributed by atoms with van der Waals surface area (Å²) in [5.74, 6) is -2.11. The van der Waals surface area contributed by atoms with Crippen molar-refractivity contribution in [2.75, 3.05) is 23.3 Å². The van der Waals surface area contributed by atoms with Crippen molar-refractivity contribution >= 4 is 17.3 Å². The largest absolute Gasteiger partial charge is 0.416 e. The molecular weight excluding hydrogens is 405 g/mol. The summed E-state index contributed by atoms with van der Waals surface area (Å²) >= 11 is 0. The Balaban J connectivity index is 2.00. The molecule has 1 amide bonds. The average molecular weight is 420 g/mol. The number of para-hydroxylation sites is 1. The van der Waals surface area contributed by atoms with Gasteiger partial charge in [0.25, 0.3) is 5.91 Å². The minimum atomic E-state index is -5.09. The molecule has 2 aromatic rings. The number of alkyl halides is 6. The first kappa shape index (κ1) is 20.9. The molecule has 3 rings (SSSR count). The molecule has 156 valence electrons. The number of hydrogen-bond donors (Lipinski definition) is 1. The van der Waals surface area contributed by atoms with E-state index >= 15 is 0 Å². The van der Waals surface area contributed by atoms with Crippen LogP contribution in [0.3, 0.4) is 0 Å². The monoisotopic (exact) mass is 420 g/mol. The Morgan fingerprint density at radius 2 is 1.45 bits per heavy atom. The van der Waals surface area contributed by atoms with E-state index in [1.54, 1.807) is 4.90 Å². The molecule has 1 heterocycles. The third kappa shape index (κ3) is 4.63. The molecule has 0 atom stereocenters. The third-order valence-corrected chi connectivity index (χ3v) is 4.53. The number of nitrogens with one attached hydrogen (secondary N) is 1. The van der Waals surface area contributed by atoms with Crippen molar-refractivity contribution in [2.24, 2.45) is 0 Å². The van der Waals surface area contributed by atoms with Crippen molar-refractivity contribution in [3.8, 4) is 0 Å². The first-order valence-electron chi connectivity index (χ1n) is 8.61. The van der Waals surface area contributed by atoms with Crippen molar-refractivity contribution in [2.45, 2.75) is 25.2 Å². The van der Waals surface area contributed by atoms with Crippen molar-refractivity contribution in [1.82, 2.24) is 0 Å². The molecule has 0 aliphatic carbocycles. The first-order valence-corrected chi connectivity index (χ1v) is 8.61. The molecule has 0 aromatic heterocycles. The van der Waals surface area contributed by atoms with Crippen LogP contribution in [0.2, 0.25) is 0 Å². The summed E-state index contributed by atoms with van der Waals surface area (Å²) in [7, 11) is 0. The molecule has 1 N–H and O–H groups in total. The lowest BCUT2D eigenvalue weighted by molar-refractivity contribution is -0.143. The Morgan fingerprint density at radius 3 is 1.97 bits per heavy atom. The Morgan fingerprint density at radius 1 is 0.897 bits per heavy atom. The number of nitrogens with zero attached hydrogens (tertiary/aromatic N) is 1. The Labute approximate surface area is 161 Å². The van der Waals surface area contributed by atoms with Gasteiger partial charge in [-0.05, 0) is 43.2 Å². The number of amides is 1. The van der Waals surface area contributed by atoms with Gasteiger partial charge in [0.05, 0.1) is 16.8 Å². The predicted octanol–water partition coefficient (Wildman–Crippen LogP) is 5.72. The lowest BCUT2D eigenvalue weighted by Gasteiger charge is -2.22. The Kier molecular flexibility index (Phi) is 5.46. The number of carbonyl (C=O) groups is 1. The molecule has 0 unspecified atom stereocenters. The minimum absolute atomic E-state index is 0.0739. The van der Waals surface area contributed by atoms with Crippen molar-refractivity contribution in [1.29, 1.82) is 0 Å². The van der Waals surface area contributed by atoms with Crippen LogP contribution in [0.15, 0.2) is 36.4 Å². The summed E-state index contributed by atoms with van der Waals surface area (Å²) in [5, 5.41) is 2.14. The minimum Gasteiger partial charge on any atom is -0.370 e. The van der Waals surface area contributed by atoms with E-state index in [2.05, 4.69) is 5.32 Å². The second-order valence-corrected chi connectivity index (χ2v) is 6.58. The maximum atomic E-state index is 14.3. The van der Waals surface area contributed by atoms with Gasteiger partial charge in [-0.25, -0.2) is 4.39 Å². The van der Waals surface area contributed by atoms with Crippen LogP contribution in [0.5, 0.6) is 0 Å². The van der Waals surface area contributed by atoms with Gasteiger partial charge in [0.15, 0.2) is 0 Å². The van der Waals surface area contributed by atoms with Crippen LogP contribution < -0.4 is 10.2 Å². The quantitative estimate of drug-likeness (QED) is 0.645. The van der Waals surface area contributed by atoms with Gasteiger partial charge in [0.1, 0.15) is 11.5 Å². The number of hydrogen-bond acceptors (Lipinski definition) is 2. The molecule has 0 radical (unpaired) electrons. The molecule has 1 fully saturated rings. The normalized spacial score (nSPS) is 14.9. The third-order valence-electron chi connectivity index (χ3n) is 4.53. The molecular formula is C19H15F7N2O. The van der Waals surface area contributed by atoms with E-state index in [1.165, 1.54) is 12.1 Å². The molecule has 2 aromatic carbocycles. The fourth-order valence-electron chi connectivity index (χ4n) is 3.13. The maximum absolute atomic E-state index is 14.3. The summed E-state index contributed by atoms with van der Waals surface area (Å²) in [4.78, 5) is 14.2. The van der Waals surface area contributed by atoms with Gasteiger partial charge in [0.2, 0.25) is 0 Å². The van der Waals surface area contributed by atoms with Gasteiger partial charge in [-0.15, -0.1) is 0 Å². The van der Waals surface area contributed by atoms with Gasteiger partial charge in [0, 0.05) is 18.7 Å². The molecule has 29 heavy (non-hydrogen) atoms. The average Bonchev–Trinajstić information content (AvgIpc) is 3.16. The van der Waals surface area contributed by atoms with Gasteiger partial charge < -0.3 is 10.2 Å². The Hall–Kier alpha value is -2.78. The van der Waals surface area contributed by atoms with Crippen molar-refractivity contribution in [3.63, 3.8) is 0 Å². The van der Waals surface area contributed by atoms with E-state index < -0.39 is 40.8 Å². The van der Waals surface area contributed by atoms with Crippen LogP contribution >= 0.6 is 0 Å². The standard InChI is InChI=1S/C19H15F7N2O/c20-14-4-3-5-15(28-6-1-2-7-28)16(14)27-17(29)11-8-12(18(21,22)23)10-13(9-11)19(24,25)26/h3-5,8-10H,1-2,6-7H2,(H,27,29). The van der Waals surface area contributed by atoms with E-state index in [9.17, 15) is 35.5 Å². The van der Waals surface area contributed by atoms with Crippen LogP contribution in [-0.2, 0) is 12.4 Å². The van der Waals surface area contributed by atoms with Gasteiger partial charge >= 0.3 is 12.4 Å². The highest BCUT2D eigenvalue weighted by Crippen LogP contribution is 2.37. The molecule has 0 saturated carbocycles. The molecule has 0 bridgehead atoms. The van der Waals surface area contributed by atoms with Crippen LogP contribution in [0, 0.1) is 5.82 Å². The van der Waals surface area contributed by atoms with Crippen LogP contribution in [-0.4, -0.2) is 19.0 Å². The smallest absolute Gasteiger partial charge is 0.370 e. The van der Waals surface area contributed by atoms with Crippen LogP contribution in [0.1, 0.15) is 34.3 Å². The van der Waals surface area contributed by atoms with E-state index in [0.717, 1.165) is 18.9 Å². The van der Waals surface area contributed by atoms with Crippen LogP contribution in [0.4, 0.5) is 42.1 Å². The molecule has 0 spiro atoms. The number of anilines is 2. The summed E-state index contributed by atoms with van der Waals surface area (Å²) in [5.41, 5.74) is -4.08. The molecule has 1 aliphatic heterocycles. The fraction of sp³-hybridized carbons (Fsp3) is 0.316. The topological polar surface area (TPSA) is 32.3 Å². The van der Waals surface area contributed by atoms with E-state index in [0.29, 0.717) is 30.9 Å². The second kappa shape index (κ2) is 7.57. The molecule has 1 saturated heterocycles. The first-order chi connectivity index (χ1) is 13.5. The van der Waals surface area contributed by atoms with Crippen molar-refractivity contribution in [3.05, 3.63) is 58.9 Å². The number of rotatable bonds is 3. The molecule has 10 heteroatoms. The second-order valence-electron chi connectivity index (χ2n) is 6.58. The lowest BCUT2D eigenvalue weighted by atomic mass is 10.0.